The van der Waals surface area contributed by atoms with Gasteiger partial charge in [0.25, 0.3) is 0 Å². The average Bonchev–Trinajstić information content (AvgIpc) is 3.22. The molecule has 0 saturated heterocycles. The first-order valence-electron chi connectivity index (χ1n) is 18.4. The van der Waals surface area contributed by atoms with E-state index in [4.69, 9.17) is 0 Å². The molecule has 0 fully saturated rings. The minimum atomic E-state index is 0.959. The second-order valence-electron chi connectivity index (χ2n) is 13.5. The molecule has 0 aromatic heterocycles. The monoisotopic (exact) mass is 683 g/mol. The second-order valence-corrected chi connectivity index (χ2v) is 13.5. The van der Waals surface area contributed by atoms with Crippen LogP contribution in [0.2, 0.25) is 0 Å². The highest BCUT2D eigenvalue weighted by molar-refractivity contribution is 6.16. The largest absolute Gasteiger partial charge is 0.316 e. The summed E-state index contributed by atoms with van der Waals surface area (Å²) in [6, 6.07) is 71.4. The van der Waals surface area contributed by atoms with Crippen LogP contribution in [0.25, 0.3) is 65.7 Å². The first-order valence-corrected chi connectivity index (χ1v) is 18.4. The average molecular weight is 684 g/mol. The van der Waals surface area contributed by atoms with Gasteiger partial charge in [0, 0.05) is 6.54 Å². The molecule has 9 aromatic carbocycles. The Balaban J connectivity index is 0.000000162. The van der Waals surface area contributed by atoms with Gasteiger partial charge < -0.3 is 5.32 Å². The molecule has 0 aliphatic heterocycles. The molecule has 0 unspecified atom stereocenters. The number of nitrogens with one attached hydrogen (secondary N) is 1. The molecule has 9 rings (SSSR count). The lowest BCUT2D eigenvalue weighted by Gasteiger charge is -2.17. The maximum absolute atomic E-state index is 3.08. The maximum atomic E-state index is 3.08. The number of rotatable bonds is 5. The lowest BCUT2D eigenvalue weighted by atomic mass is 9.86. The van der Waals surface area contributed by atoms with Crippen LogP contribution in [0.1, 0.15) is 16.7 Å². The second kappa shape index (κ2) is 16.8. The molecule has 0 aliphatic rings. The predicted octanol–water partition coefficient (Wildman–Crippen LogP) is 13.9. The summed E-state index contributed by atoms with van der Waals surface area (Å²) >= 11 is 0. The van der Waals surface area contributed by atoms with Crippen molar-refractivity contribution < 1.29 is 0 Å². The number of benzene rings is 9. The molecule has 1 N–H and O–H groups in total. The molecule has 53 heavy (non-hydrogen) atoms. The molecule has 0 saturated carbocycles. The Hall–Kier alpha value is -6.28. The Labute approximate surface area is 314 Å². The normalized spacial score (nSPS) is 10.7. The van der Waals surface area contributed by atoms with Gasteiger partial charge >= 0.3 is 0 Å². The Morgan fingerprint density at radius 2 is 0.943 bits per heavy atom. The van der Waals surface area contributed by atoms with Crippen LogP contribution in [0, 0.1) is 13.8 Å². The maximum Gasteiger partial charge on any atom is 0.0202 e. The van der Waals surface area contributed by atoms with Crippen molar-refractivity contribution in [3.8, 4) is 33.4 Å². The highest BCUT2D eigenvalue weighted by atomic mass is 14.8. The van der Waals surface area contributed by atoms with E-state index in [-0.39, 0.29) is 0 Å². The Bertz CT molecular complexity index is 2570. The molecule has 0 amide bonds. The van der Waals surface area contributed by atoms with Crippen LogP contribution in [-0.4, -0.2) is 7.05 Å². The summed E-state index contributed by atoms with van der Waals surface area (Å²) in [6.07, 6.45) is 0. The minimum Gasteiger partial charge on any atom is -0.316 e. The molecule has 0 aliphatic carbocycles. The third-order valence-corrected chi connectivity index (χ3v) is 9.68. The van der Waals surface area contributed by atoms with Gasteiger partial charge in [0.05, 0.1) is 0 Å². The molecule has 0 atom stereocenters. The standard InChI is InChI=1S/C31H22.C13H12.C8H11N/c1-21-14-16-23(17-15-21)31-26-11-5-2-8-22(26)18-19-29(31)30-20-24-9-3-4-10-25(24)27-12-6-7-13-28(27)30;1-11-6-5-9-13(10-11)12-7-3-2-4-8-12;1-9-7-8-5-3-2-4-6-8/h2-20H,1H3;2-10H,1H3;2-6,9H,7H2,1H3. The van der Waals surface area contributed by atoms with E-state index < -0.39 is 0 Å². The van der Waals surface area contributed by atoms with E-state index in [1.807, 2.05) is 31.3 Å². The van der Waals surface area contributed by atoms with Crippen LogP contribution in [-0.2, 0) is 6.54 Å². The van der Waals surface area contributed by atoms with Crippen molar-refractivity contribution in [3.05, 3.63) is 217 Å². The molecule has 0 radical (unpaired) electrons. The molecule has 258 valence electrons. The Kier molecular flexibility index (Phi) is 11.2. The number of hydrogen-bond acceptors (Lipinski definition) is 1. The number of fused-ring (bicyclic) bond motifs is 4. The summed E-state index contributed by atoms with van der Waals surface area (Å²) < 4.78 is 0. The smallest absolute Gasteiger partial charge is 0.0202 e. The third kappa shape index (κ3) is 8.28. The summed E-state index contributed by atoms with van der Waals surface area (Å²) in [6.45, 7) is 5.22. The van der Waals surface area contributed by atoms with Gasteiger partial charge in [0.15, 0.2) is 0 Å². The van der Waals surface area contributed by atoms with E-state index >= 15 is 0 Å². The van der Waals surface area contributed by atoms with Gasteiger partial charge in [0.1, 0.15) is 0 Å². The molecule has 0 spiro atoms. The lowest BCUT2D eigenvalue weighted by molar-refractivity contribution is 0.818. The first-order chi connectivity index (χ1) is 26.1. The van der Waals surface area contributed by atoms with E-state index in [1.165, 1.54) is 82.4 Å². The quantitative estimate of drug-likeness (QED) is 0.178. The van der Waals surface area contributed by atoms with Crippen molar-refractivity contribution in [2.24, 2.45) is 0 Å². The van der Waals surface area contributed by atoms with Crippen LogP contribution < -0.4 is 5.32 Å². The van der Waals surface area contributed by atoms with Crippen LogP contribution in [0.3, 0.4) is 0 Å². The topological polar surface area (TPSA) is 12.0 Å². The summed E-state index contributed by atoms with van der Waals surface area (Å²) in [5.74, 6) is 0. The van der Waals surface area contributed by atoms with E-state index in [1.54, 1.807) is 0 Å². The fourth-order valence-corrected chi connectivity index (χ4v) is 7.06. The fourth-order valence-electron chi connectivity index (χ4n) is 7.06. The summed E-state index contributed by atoms with van der Waals surface area (Å²) in [5, 5.41) is 10.8. The van der Waals surface area contributed by atoms with E-state index in [2.05, 4.69) is 195 Å². The number of hydrogen-bond donors (Lipinski definition) is 1. The lowest BCUT2D eigenvalue weighted by Crippen LogP contribution is -2.04. The molecule has 0 bridgehead atoms. The molecule has 9 aromatic rings. The molecule has 0 heterocycles. The van der Waals surface area contributed by atoms with E-state index in [0.29, 0.717) is 0 Å². The molecular formula is C52H45N. The highest BCUT2D eigenvalue weighted by Crippen LogP contribution is 2.42. The van der Waals surface area contributed by atoms with Gasteiger partial charge in [-0.05, 0) is 98.2 Å². The van der Waals surface area contributed by atoms with Crippen molar-refractivity contribution in [2.45, 2.75) is 20.4 Å². The van der Waals surface area contributed by atoms with Gasteiger partial charge in [-0.25, -0.2) is 0 Å². The van der Waals surface area contributed by atoms with Crippen molar-refractivity contribution in [1.82, 2.24) is 5.32 Å². The summed E-state index contributed by atoms with van der Waals surface area (Å²) in [4.78, 5) is 0. The van der Waals surface area contributed by atoms with Gasteiger partial charge in [0.2, 0.25) is 0 Å². The molecule has 1 nitrogen and oxygen atoms in total. The van der Waals surface area contributed by atoms with Crippen molar-refractivity contribution >= 4 is 32.3 Å². The van der Waals surface area contributed by atoms with Gasteiger partial charge in [-0.2, -0.15) is 0 Å². The predicted molar refractivity (Wildman–Crippen MR) is 230 cm³/mol. The minimum absolute atomic E-state index is 0.959. The summed E-state index contributed by atoms with van der Waals surface area (Å²) in [5.41, 5.74) is 11.6. The van der Waals surface area contributed by atoms with E-state index in [0.717, 1.165) is 6.54 Å². The fraction of sp³-hybridized carbons (Fsp3) is 0.0769. The van der Waals surface area contributed by atoms with Crippen LogP contribution in [0.15, 0.2) is 200 Å². The highest BCUT2D eigenvalue weighted by Gasteiger charge is 2.15. The number of aryl methyl sites for hydroxylation is 2. The van der Waals surface area contributed by atoms with Crippen LogP contribution in [0.5, 0.6) is 0 Å². The molecular weight excluding hydrogens is 639 g/mol. The summed E-state index contributed by atoms with van der Waals surface area (Å²) in [7, 11) is 1.95. The van der Waals surface area contributed by atoms with Crippen LogP contribution >= 0.6 is 0 Å². The zero-order valence-corrected chi connectivity index (χ0v) is 30.8. The van der Waals surface area contributed by atoms with E-state index in [9.17, 15) is 0 Å². The van der Waals surface area contributed by atoms with Gasteiger partial charge in [-0.1, -0.05) is 205 Å². The SMILES string of the molecule is CNCc1ccccc1.Cc1ccc(-c2c(-c3cc4ccccc4c4ccccc34)ccc3ccccc23)cc1.Cc1cccc(-c2ccccc2)c1. The Morgan fingerprint density at radius 1 is 0.358 bits per heavy atom. The molecule has 1 heteroatoms. The Morgan fingerprint density at radius 3 is 1.64 bits per heavy atom. The third-order valence-electron chi connectivity index (χ3n) is 9.68. The van der Waals surface area contributed by atoms with Crippen LogP contribution in [0.4, 0.5) is 0 Å². The zero-order chi connectivity index (χ0) is 36.4. The van der Waals surface area contributed by atoms with Crippen molar-refractivity contribution in [2.75, 3.05) is 7.05 Å². The van der Waals surface area contributed by atoms with Crippen molar-refractivity contribution in [1.29, 1.82) is 0 Å². The zero-order valence-electron chi connectivity index (χ0n) is 30.8. The first kappa shape index (κ1) is 35.1. The van der Waals surface area contributed by atoms with Gasteiger partial charge in [-0.15, -0.1) is 0 Å². The van der Waals surface area contributed by atoms with Crippen molar-refractivity contribution in [3.63, 3.8) is 0 Å². The van der Waals surface area contributed by atoms with Gasteiger partial charge in [-0.3, -0.25) is 0 Å².